The van der Waals surface area contributed by atoms with Crippen LogP contribution in [0.5, 0.6) is 5.75 Å². The molecule has 2 aliphatic heterocycles. The molecule has 1 saturated heterocycles. The van der Waals surface area contributed by atoms with Crippen molar-refractivity contribution in [3.8, 4) is 18.1 Å². The van der Waals surface area contributed by atoms with Crippen LogP contribution < -0.4 is 10.1 Å². The fraction of sp³-hybridized carbons (Fsp3) is 0.500. The summed E-state index contributed by atoms with van der Waals surface area (Å²) in [6.45, 7) is 2.06. The smallest absolute Gasteiger partial charge is 0.237 e. The summed E-state index contributed by atoms with van der Waals surface area (Å²) in [5.74, 6) is 3.61. The zero-order chi connectivity index (χ0) is 16.2. The van der Waals surface area contributed by atoms with Crippen molar-refractivity contribution in [1.29, 1.82) is 0 Å². The van der Waals surface area contributed by atoms with Gasteiger partial charge in [-0.25, -0.2) is 0 Å². The van der Waals surface area contributed by atoms with E-state index in [1.807, 2.05) is 18.2 Å². The highest BCUT2D eigenvalue weighted by Crippen LogP contribution is 2.34. The molecule has 0 aromatic heterocycles. The maximum Gasteiger partial charge on any atom is 0.237 e. The predicted octanol–water partition coefficient (Wildman–Crippen LogP) is 2.88. The fourth-order valence-electron chi connectivity index (χ4n) is 3.38. The molecule has 23 heavy (non-hydrogen) atoms. The van der Waals surface area contributed by atoms with E-state index in [1.54, 1.807) is 0 Å². The number of likely N-dealkylation sites (tertiary alicyclic amines) is 1. The van der Waals surface area contributed by atoms with E-state index in [9.17, 15) is 4.79 Å². The number of terminal acetylenes is 1. The number of benzene rings is 1. The molecular formula is C18H21BrN2O2. The second-order valence-electron chi connectivity index (χ2n) is 6.07. The molecule has 1 aromatic carbocycles. The van der Waals surface area contributed by atoms with Gasteiger partial charge in [0.1, 0.15) is 5.75 Å². The third-order valence-electron chi connectivity index (χ3n) is 4.54. The molecule has 122 valence electrons. The largest absolute Gasteiger partial charge is 0.493 e. The number of halogens is 1. The third kappa shape index (κ3) is 3.70. The van der Waals surface area contributed by atoms with E-state index in [2.05, 4.69) is 32.1 Å². The van der Waals surface area contributed by atoms with Crippen LogP contribution in [-0.4, -0.2) is 36.5 Å². The molecule has 0 saturated carbocycles. The van der Waals surface area contributed by atoms with Crippen LogP contribution in [0.1, 0.15) is 37.3 Å². The molecule has 0 radical (unpaired) electrons. The molecule has 5 heteroatoms. The Labute approximate surface area is 145 Å². The van der Waals surface area contributed by atoms with Gasteiger partial charge in [-0.3, -0.25) is 9.69 Å². The Kier molecular flexibility index (Phi) is 5.24. The van der Waals surface area contributed by atoms with Gasteiger partial charge in [0.2, 0.25) is 5.91 Å². The molecule has 0 bridgehead atoms. The minimum Gasteiger partial charge on any atom is -0.493 e. The Hall–Kier alpha value is -1.51. The van der Waals surface area contributed by atoms with Crippen molar-refractivity contribution in [3.05, 3.63) is 28.2 Å². The van der Waals surface area contributed by atoms with Gasteiger partial charge in [-0.1, -0.05) is 28.3 Å². The number of ether oxygens (including phenoxy) is 1. The van der Waals surface area contributed by atoms with E-state index in [0.29, 0.717) is 13.2 Å². The molecule has 3 rings (SSSR count). The van der Waals surface area contributed by atoms with Gasteiger partial charge in [-0.15, -0.1) is 6.42 Å². The Morgan fingerprint density at radius 1 is 1.43 bits per heavy atom. The second kappa shape index (κ2) is 7.37. The van der Waals surface area contributed by atoms with Gasteiger partial charge in [-0.05, 0) is 37.6 Å². The number of nitrogens with one attached hydrogen (secondary N) is 1. The summed E-state index contributed by atoms with van der Waals surface area (Å²) in [5, 5.41) is 3.21. The lowest BCUT2D eigenvalue weighted by Gasteiger charge is -2.35. The van der Waals surface area contributed by atoms with Crippen LogP contribution in [0.25, 0.3) is 0 Å². The molecular weight excluding hydrogens is 356 g/mol. The Balaban J connectivity index is 1.73. The first kappa shape index (κ1) is 16.4. The van der Waals surface area contributed by atoms with Crippen molar-refractivity contribution < 1.29 is 9.53 Å². The average molecular weight is 377 g/mol. The monoisotopic (exact) mass is 376 g/mol. The van der Waals surface area contributed by atoms with Gasteiger partial charge in [0.05, 0.1) is 25.2 Å². The predicted molar refractivity (Wildman–Crippen MR) is 93.2 cm³/mol. The first-order valence-electron chi connectivity index (χ1n) is 8.09. The maximum atomic E-state index is 12.8. The molecule has 4 nitrogen and oxygen atoms in total. The highest BCUT2D eigenvalue weighted by molar-refractivity contribution is 9.10. The highest BCUT2D eigenvalue weighted by atomic mass is 79.9. The zero-order valence-electron chi connectivity index (χ0n) is 13.1. The number of carbonyl (C=O) groups excluding carboxylic acids is 1. The van der Waals surface area contributed by atoms with E-state index >= 15 is 0 Å². The topological polar surface area (TPSA) is 41.6 Å². The van der Waals surface area contributed by atoms with E-state index in [1.165, 1.54) is 0 Å². The third-order valence-corrected chi connectivity index (χ3v) is 5.03. The zero-order valence-corrected chi connectivity index (χ0v) is 14.6. The fourth-order valence-corrected chi connectivity index (χ4v) is 3.76. The normalized spacial score (nSPS) is 24.2. The van der Waals surface area contributed by atoms with E-state index in [4.69, 9.17) is 11.2 Å². The van der Waals surface area contributed by atoms with Gasteiger partial charge in [0, 0.05) is 16.5 Å². The SMILES string of the molecule is C#CCN1CCCC[C@H]1C(=O)N[C@H]1CCOc2ccc(Br)cc21. The molecule has 0 aliphatic carbocycles. The summed E-state index contributed by atoms with van der Waals surface area (Å²) in [7, 11) is 0. The molecule has 1 amide bonds. The molecule has 0 unspecified atom stereocenters. The van der Waals surface area contributed by atoms with Gasteiger partial charge in [-0.2, -0.15) is 0 Å². The van der Waals surface area contributed by atoms with Crippen LogP contribution in [0.4, 0.5) is 0 Å². The lowest BCUT2D eigenvalue weighted by atomic mass is 9.98. The summed E-state index contributed by atoms with van der Waals surface area (Å²) in [4.78, 5) is 14.9. The quantitative estimate of drug-likeness (QED) is 0.824. The first-order valence-corrected chi connectivity index (χ1v) is 8.88. The molecule has 1 N–H and O–H groups in total. The summed E-state index contributed by atoms with van der Waals surface area (Å²) in [6.07, 6.45) is 9.29. The molecule has 1 aromatic rings. The van der Waals surface area contributed by atoms with E-state index in [-0.39, 0.29) is 18.0 Å². The summed E-state index contributed by atoms with van der Waals surface area (Å²) in [6, 6.07) is 5.82. The van der Waals surface area contributed by atoms with E-state index < -0.39 is 0 Å². The Bertz CT molecular complexity index is 626. The molecule has 0 spiro atoms. The van der Waals surface area contributed by atoms with Crippen LogP contribution in [0, 0.1) is 12.3 Å². The number of rotatable bonds is 3. The van der Waals surface area contributed by atoms with Crippen molar-refractivity contribution >= 4 is 21.8 Å². The van der Waals surface area contributed by atoms with Crippen molar-refractivity contribution in [2.24, 2.45) is 0 Å². The van der Waals surface area contributed by atoms with Crippen LogP contribution in [0.2, 0.25) is 0 Å². The van der Waals surface area contributed by atoms with Gasteiger partial charge >= 0.3 is 0 Å². The summed E-state index contributed by atoms with van der Waals surface area (Å²) >= 11 is 3.49. The molecule has 2 atom stereocenters. The van der Waals surface area contributed by atoms with Crippen LogP contribution >= 0.6 is 15.9 Å². The van der Waals surface area contributed by atoms with Gasteiger partial charge in [0.25, 0.3) is 0 Å². The average Bonchev–Trinajstić information content (AvgIpc) is 2.56. The first-order chi connectivity index (χ1) is 11.2. The van der Waals surface area contributed by atoms with Gasteiger partial charge < -0.3 is 10.1 Å². The van der Waals surface area contributed by atoms with Crippen molar-refractivity contribution in [1.82, 2.24) is 10.2 Å². The molecule has 1 fully saturated rings. The Morgan fingerprint density at radius 2 is 2.30 bits per heavy atom. The molecule has 2 heterocycles. The summed E-state index contributed by atoms with van der Waals surface area (Å²) < 4.78 is 6.68. The van der Waals surface area contributed by atoms with Crippen molar-refractivity contribution in [3.63, 3.8) is 0 Å². The minimum atomic E-state index is -0.113. The number of hydrogen-bond donors (Lipinski definition) is 1. The second-order valence-corrected chi connectivity index (χ2v) is 6.98. The highest BCUT2D eigenvalue weighted by Gasteiger charge is 2.31. The lowest BCUT2D eigenvalue weighted by Crippen LogP contribution is -2.50. The summed E-state index contributed by atoms with van der Waals surface area (Å²) in [5.41, 5.74) is 1.04. The van der Waals surface area contributed by atoms with Crippen LogP contribution in [0.15, 0.2) is 22.7 Å². The number of fused-ring (bicyclic) bond motifs is 1. The standard InChI is InChI=1S/C18H21BrN2O2/c1-2-9-21-10-4-3-5-16(21)18(22)20-15-8-11-23-17-7-6-13(19)12-14(15)17/h1,6-7,12,15-16H,3-5,8-11H2,(H,20,22)/t15-,16-/m0/s1. The van der Waals surface area contributed by atoms with Gasteiger partial charge in [0.15, 0.2) is 0 Å². The number of piperidine rings is 1. The van der Waals surface area contributed by atoms with Crippen molar-refractivity contribution in [2.45, 2.75) is 37.8 Å². The number of hydrogen-bond acceptors (Lipinski definition) is 3. The number of nitrogens with zero attached hydrogens (tertiary/aromatic N) is 1. The van der Waals surface area contributed by atoms with E-state index in [0.717, 1.165) is 48.0 Å². The number of carbonyl (C=O) groups is 1. The minimum absolute atomic E-state index is 0.00152. The van der Waals surface area contributed by atoms with Crippen LogP contribution in [-0.2, 0) is 4.79 Å². The molecule has 2 aliphatic rings. The van der Waals surface area contributed by atoms with Crippen molar-refractivity contribution in [2.75, 3.05) is 19.7 Å². The maximum absolute atomic E-state index is 12.8. The Morgan fingerprint density at radius 3 is 3.13 bits per heavy atom. The number of amides is 1. The lowest BCUT2D eigenvalue weighted by molar-refractivity contribution is -0.128. The van der Waals surface area contributed by atoms with Crippen LogP contribution in [0.3, 0.4) is 0 Å².